The molecule has 4 rings (SSSR count). The Morgan fingerprint density at radius 3 is 2.82 bits per heavy atom. The second-order valence-electron chi connectivity index (χ2n) is 6.06. The minimum atomic E-state index is -0.122. The van der Waals surface area contributed by atoms with Crippen LogP contribution in [0.15, 0.2) is 66.0 Å². The maximum atomic E-state index is 12.4. The first-order chi connectivity index (χ1) is 13.6. The summed E-state index contributed by atoms with van der Waals surface area (Å²) in [5, 5.41) is 13.5. The minimum absolute atomic E-state index is 0.122. The minimum Gasteiger partial charge on any atom is -0.325 e. The van der Waals surface area contributed by atoms with Crippen LogP contribution in [0.2, 0.25) is 5.02 Å². The van der Waals surface area contributed by atoms with Crippen molar-refractivity contribution in [3.05, 3.63) is 65.8 Å². The summed E-state index contributed by atoms with van der Waals surface area (Å²) in [6.07, 6.45) is 1.73. The molecule has 0 bridgehead atoms. The normalized spacial score (nSPS) is 10.9. The molecule has 0 aliphatic carbocycles. The zero-order valence-corrected chi connectivity index (χ0v) is 16.5. The number of fused-ring (bicyclic) bond motifs is 1. The molecule has 0 radical (unpaired) electrons. The molecule has 2 aromatic carbocycles. The topological polar surface area (TPSA) is 72.7 Å². The van der Waals surface area contributed by atoms with Gasteiger partial charge < -0.3 is 9.88 Å². The number of carbonyl (C=O) groups excluding carboxylic acids is 1. The lowest BCUT2D eigenvalue weighted by atomic mass is 10.2. The van der Waals surface area contributed by atoms with Crippen LogP contribution in [0.25, 0.3) is 22.3 Å². The number of nitrogens with zero attached hydrogens (tertiary/aromatic N) is 4. The zero-order valence-electron chi connectivity index (χ0n) is 15.0. The molecule has 0 unspecified atom stereocenters. The summed E-state index contributed by atoms with van der Waals surface area (Å²) in [6, 6.07) is 16.9. The van der Waals surface area contributed by atoms with Crippen LogP contribution in [0.3, 0.4) is 0 Å². The highest BCUT2D eigenvalue weighted by Gasteiger charge is 2.15. The predicted molar refractivity (Wildman–Crippen MR) is 113 cm³/mol. The quantitative estimate of drug-likeness (QED) is 0.494. The molecule has 1 N–H and O–H groups in total. The van der Waals surface area contributed by atoms with Gasteiger partial charge in [0.15, 0.2) is 11.0 Å². The van der Waals surface area contributed by atoms with E-state index < -0.39 is 0 Å². The van der Waals surface area contributed by atoms with Crippen molar-refractivity contribution in [1.82, 2.24) is 19.7 Å². The number of pyridine rings is 1. The maximum absolute atomic E-state index is 12.4. The van der Waals surface area contributed by atoms with Crippen molar-refractivity contribution >= 4 is 45.9 Å². The van der Waals surface area contributed by atoms with E-state index in [1.807, 2.05) is 66.2 Å². The van der Waals surface area contributed by atoms with Gasteiger partial charge in [-0.05, 0) is 36.4 Å². The van der Waals surface area contributed by atoms with Crippen molar-refractivity contribution < 1.29 is 4.79 Å². The fourth-order valence-electron chi connectivity index (χ4n) is 2.85. The lowest BCUT2D eigenvalue weighted by Crippen LogP contribution is -2.14. The molecule has 1 amide bonds. The number of hydrogen-bond donors (Lipinski definition) is 1. The van der Waals surface area contributed by atoms with Crippen molar-refractivity contribution in [2.45, 2.75) is 5.16 Å². The Kier molecular flexibility index (Phi) is 5.27. The van der Waals surface area contributed by atoms with Gasteiger partial charge in [-0.3, -0.25) is 9.78 Å². The molecular formula is C20H16ClN5OS. The standard InChI is InChI=1S/C20H16ClN5OS/c1-26-19(13-6-2-3-8-15(13)21)24-25-20(26)28-12-18(27)23-17-10-4-9-16-14(17)7-5-11-22-16/h2-11H,12H2,1H3,(H,23,27). The SMILES string of the molecule is Cn1c(SCC(=O)Nc2cccc3ncccc23)nnc1-c1ccccc1Cl. The average Bonchev–Trinajstić information content (AvgIpc) is 3.07. The molecule has 8 heteroatoms. The largest absolute Gasteiger partial charge is 0.325 e. The first-order valence-electron chi connectivity index (χ1n) is 8.54. The number of benzene rings is 2. The van der Waals surface area contributed by atoms with E-state index in [-0.39, 0.29) is 11.7 Å². The monoisotopic (exact) mass is 409 g/mol. The summed E-state index contributed by atoms with van der Waals surface area (Å²) in [5.74, 6) is 0.753. The van der Waals surface area contributed by atoms with Gasteiger partial charge in [-0.2, -0.15) is 0 Å². The Bertz CT molecular complexity index is 1160. The number of amides is 1. The summed E-state index contributed by atoms with van der Waals surface area (Å²) in [4.78, 5) is 16.7. The summed E-state index contributed by atoms with van der Waals surface area (Å²) in [7, 11) is 1.86. The molecular weight excluding hydrogens is 394 g/mol. The van der Waals surface area contributed by atoms with Gasteiger partial charge in [0.2, 0.25) is 5.91 Å². The molecule has 28 heavy (non-hydrogen) atoms. The Morgan fingerprint density at radius 2 is 1.96 bits per heavy atom. The second kappa shape index (κ2) is 8.00. The lowest BCUT2D eigenvalue weighted by molar-refractivity contribution is -0.113. The van der Waals surface area contributed by atoms with Crippen molar-refractivity contribution in [1.29, 1.82) is 0 Å². The Hall–Kier alpha value is -2.90. The molecule has 0 saturated carbocycles. The number of thioether (sulfide) groups is 1. The third kappa shape index (κ3) is 3.72. The first-order valence-corrected chi connectivity index (χ1v) is 9.90. The molecule has 2 heterocycles. The number of rotatable bonds is 5. The van der Waals surface area contributed by atoms with Crippen molar-refractivity contribution in [3.8, 4) is 11.4 Å². The summed E-state index contributed by atoms with van der Waals surface area (Å²) in [6.45, 7) is 0. The van der Waals surface area contributed by atoms with Gasteiger partial charge in [-0.25, -0.2) is 0 Å². The van der Waals surface area contributed by atoms with Crippen LogP contribution in [0.4, 0.5) is 5.69 Å². The van der Waals surface area contributed by atoms with Crippen LogP contribution in [-0.2, 0) is 11.8 Å². The van der Waals surface area contributed by atoms with E-state index in [9.17, 15) is 4.79 Å². The predicted octanol–water partition coefficient (Wildman–Crippen LogP) is 4.41. The van der Waals surface area contributed by atoms with E-state index in [0.29, 0.717) is 16.0 Å². The van der Waals surface area contributed by atoms with Gasteiger partial charge in [-0.15, -0.1) is 10.2 Å². The molecule has 0 saturated heterocycles. The van der Waals surface area contributed by atoms with Gasteiger partial charge >= 0.3 is 0 Å². The number of nitrogens with one attached hydrogen (secondary N) is 1. The summed E-state index contributed by atoms with van der Waals surface area (Å²) >= 11 is 7.57. The van der Waals surface area contributed by atoms with Gasteiger partial charge in [0.25, 0.3) is 0 Å². The van der Waals surface area contributed by atoms with E-state index in [1.54, 1.807) is 6.20 Å². The Balaban J connectivity index is 1.46. The van der Waals surface area contributed by atoms with E-state index in [1.165, 1.54) is 11.8 Å². The number of aromatic nitrogens is 4. The van der Waals surface area contributed by atoms with E-state index in [4.69, 9.17) is 11.6 Å². The highest BCUT2D eigenvalue weighted by Crippen LogP contribution is 2.28. The van der Waals surface area contributed by atoms with Crippen LogP contribution >= 0.6 is 23.4 Å². The fraction of sp³-hybridized carbons (Fsp3) is 0.100. The molecule has 0 aliphatic heterocycles. The molecule has 0 aliphatic rings. The number of halogens is 1. The highest BCUT2D eigenvalue weighted by molar-refractivity contribution is 7.99. The maximum Gasteiger partial charge on any atom is 0.234 e. The van der Waals surface area contributed by atoms with Crippen molar-refractivity contribution in [2.24, 2.45) is 7.05 Å². The lowest BCUT2D eigenvalue weighted by Gasteiger charge is -2.08. The number of hydrogen-bond acceptors (Lipinski definition) is 5. The second-order valence-corrected chi connectivity index (χ2v) is 7.41. The highest BCUT2D eigenvalue weighted by atomic mass is 35.5. The number of carbonyl (C=O) groups is 1. The first kappa shape index (κ1) is 18.5. The summed E-state index contributed by atoms with van der Waals surface area (Å²) in [5.41, 5.74) is 2.38. The van der Waals surface area contributed by atoms with Crippen LogP contribution in [0.5, 0.6) is 0 Å². The van der Waals surface area contributed by atoms with Gasteiger partial charge in [0.1, 0.15) is 0 Å². The molecule has 4 aromatic rings. The smallest absolute Gasteiger partial charge is 0.234 e. The fourth-order valence-corrected chi connectivity index (χ4v) is 3.78. The van der Waals surface area contributed by atoms with Crippen LogP contribution in [0.1, 0.15) is 0 Å². The Labute approximate surface area is 171 Å². The number of anilines is 1. The summed E-state index contributed by atoms with van der Waals surface area (Å²) < 4.78 is 1.83. The van der Waals surface area contributed by atoms with Crippen molar-refractivity contribution in [3.63, 3.8) is 0 Å². The molecule has 2 aromatic heterocycles. The van der Waals surface area contributed by atoms with E-state index in [0.717, 1.165) is 22.2 Å². The average molecular weight is 410 g/mol. The Morgan fingerprint density at radius 1 is 1.11 bits per heavy atom. The van der Waals surface area contributed by atoms with Crippen molar-refractivity contribution in [2.75, 3.05) is 11.1 Å². The van der Waals surface area contributed by atoms with E-state index >= 15 is 0 Å². The molecule has 0 spiro atoms. The molecule has 140 valence electrons. The van der Waals surface area contributed by atoms with Gasteiger partial charge in [-0.1, -0.05) is 41.6 Å². The van der Waals surface area contributed by atoms with Gasteiger partial charge in [0, 0.05) is 24.2 Å². The van der Waals surface area contributed by atoms with Crippen LogP contribution in [0, 0.1) is 0 Å². The van der Waals surface area contributed by atoms with Crippen LogP contribution < -0.4 is 5.32 Å². The zero-order chi connectivity index (χ0) is 19.5. The third-order valence-corrected chi connectivity index (χ3v) is 5.55. The third-order valence-electron chi connectivity index (χ3n) is 4.20. The molecule has 0 fully saturated rings. The van der Waals surface area contributed by atoms with E-state index in [2.05, 4.69) is 20.5 Å². The van der Waals surface area contributed by atoms with Crippen LogP contribution in [-0.4, -0.2) is 31.4 Å². The molecule has 6 nitrogen and oxygen atoms in total. The van der Waals surface area contributed by atoms with Gasteiger partial charge in [0.05, 0.1) is 22.0 Å². The molecule has 0 atom stereocenters.